The molecule has 9 heteroatoms. The number of hydrogen-bond acceptors (Lipinski definition) is 8. The van der Waals surface area contributed by atoms with Crippen molar-refractivity contribution >= 4 is 28.3 Å². The molecule has 3 N–H and O–H groups in total. The fraction of sp³-hybridized carbons (Fsp3) is 0.190. The molecule has 254 valence electrons. The highest BCUT2D eigenvalue weighted by atomic mass is 16.5. The van der Waals surface area contributed by atoms with Crippen LogP contribution >= 0.6 is 0 Å². The molecule has 7 heterocycles. The second kappa shape index (κ2) is 16.1. The van der Waals surface area contributed by atoms with Gasteiger partial charge in [-0.25, -0.2) is 15.0 Å². The number of nitrogens with one attached hydrogen (secondary N) is 3. The number of aromatic nitrogens is 2. The van der Waals surface area contributed by atoms with E-state index in [1.807, 2.05) is 36.7 Å². The third-order valence-corrected chi connectivity index (χ3v) is 8.60. The standard InChI is InChI=1S/C42H39N7O2/c1-3-25-50-27-5-7-30-33-11-13-37(46-33)32(10-9-29-19-21-43-22-20-29)38-14-12-34(47-38)31(8-6-28-51-26-4-2)36-16-18-40(49-36)41(42-44-23-24-45-42)39-17-15-35(30)48-39/h3-4,11-24,44-45,48H,1-2,5-8,25-28H2. The summed E-state index contributed by atoms with van der Waals surface area (Å²) in [6.07, 6.45) is 26.2. The second-order valence-electron chi connectivity index (χ2n) is 12.1. The maximum absolute atomic E-state index is 5.75. The van der Waals surface area contributed by atoms with Crippen LogP contribution in [0.25, 0.3) is 11.1 Å². The monoisotopic (exact) mass is 673 g/mol. The van der Waals surface area contributed by atoms with Crippen LogP contribution in [0.2, 0.25) is 0 Å². The van der Waals surface area contributed by atoms with E-state index in [0.29, 0.717) is 26.4 Å². The molecular weight excluding hydrogens is 635 g/mol. The van der Waals surface area contributed by atoms with Crippen LogP contribution < -0.4 is 10.6 Å². The summed E-state index contributed by atoms with van der Waals surface area (Å²) in [5, 5.41) is 6.72. The van der Waals surface area contributed by atoms with Gasteiger partial charge in [-0.1, -0.05) is 24.0 Å². The zero-order valence-corrected chi connectivity index (χ0v) is 28.4. The van der Waals surface area contributed by atoms with Gasteiger partial charge in [-0.15, -0.1) is 13.2 Å². The molecule has 0 atom stereocenters. The van der Waals surface area contributed by atoms with Gasteiger partial charge in [0.1, 0.15) is 5.82 Å². The maximum atomic E-state index is 5.75. The lowest BCUT2D eigenvalue weighted by atomic mass is 10.0. The summed E-state index contributed by atoms with van der Waals surface area (Å²) in [4.78, 5) is 23.5. The Morgan fingerprint density at radius 2 is 1.25 bits per heavy atom. The van der Waals surface area contributed by atoms with Gasteiger partial charge in [-0.2, -0.15) is 0 Å². The van der Waals surface area contributed by atoms with Crippen LogP contribution in [0.3, 0.4) is 0 Å². The minimum Gasteiger partial charge on any atom is -0.377 e. The first-order valence-electron chi connectivity index (χ1n) is 17.2. The lowest BCUT2D eigenvalue weighted by Crippen LogP contribution is -2.16. The van der Waals surface area contributed by atoms with Gasteiger partial charge in [0.25, 0.3) is 0 Å². The number of allylic oxidation sites excluding steroid dienone is 10. The minimum absolute atomic E-state index is 0.515. The summed E-state index contributed by atoms with van der Waals surface area (Å²) in [7, 11) is 0. The van der Waals surface area contributed by atoms with E-state index in [2.05, 4.69) is 82.0 Å². The minimum atomic E-state index is 0.515. The Morgan fingerprint density at radius 1 is 0.647 bits per heavy atom. The molecule has 0 saturated heterocycles. The van der Waals surface area contributed by atoms with Gasteiger partial charge in [0.2, 0.25) is 0 Å². The van der Waals surface area contributed by atoms with Crippen molar-refractivity contribution in [2.75, 3.05) is 26.4 Å². The van der Waals surface area contributed by atoms with Gasteiger partial charge in [-0.05, 0) is 86.4 Å². The molecule has 0 fully saturated rings. The zero-order valence-electron chi connectivity index (χ0n) is 28.4. The largest absolute Gasteiger partial charge is 0.377 e. The molecule has 0 saturated carbocycles. The van der Waals surface area contributed by atoms with E-state index in [-0.39, 0.29) is 0 Å². The van der Waals surface area contributed by atoms with Crippen LogP contribution in [0, 0.1) is 11.8 Å². The van der Waals surface area contributed by atoms with E-state index in [9.17, 15) is 0 Å². The molecule has 0 spiro atoms. The lowest BCUT2D eigenvalue weighted by Gasteiger charge is -2.12. The molecule has 2 aromatic heterocycles. The normalized spacial score (nSPS) is 17.1. The van der Waals surface area contributed by atoms with E-state index in [1.54, 1.807) is 24.5 Å². The molecule has 0 amide bonds. The first-order chi connectivity index (χ1) is 25.2. The molecule has 5 aliphatic heterocycles. The average Bonchev–Trinajstić information content (AvgIpc) is 4.01. The van der Waals surface area contributed by atoms with E-state index in [4.69, 9.17) is 24.5 Å². The summed E-state index contributed by atoms with van der Waals surface area (Å²) < 4.78 is 11.5. The third-order valence-electron chi connectivity index (χ3n) is 8.60. The Labute approximate surface area is 298 Å². The van der Waals surface area contributed by atoms with Crippen molar-refractivity contribution in [3.8, 4) is 11.8 Å². The summed E-state index contributed by atoms with van der Waals surface area (Å²) >= 11 is 0. The Bertz CT molecular complexity index is 2120. The number of ether oxygens (including phenoxy) is 2. The molecule has 5 aliphatic rings. The number of H-pyrrole nitrogens is 1. The fourth-order valence-corrected chi connectivity index (χ4v) is 6.21. The van der Waals surface area contributed by atoms with Crippen LogP contribution in [0.4, 0.5) is 0 Å². The SMILES string of the molecule is C=CCOCCCC1=C2C=CC(=N2)C(=C2NC=CN2)c2ccc([nH]2)C(CCCOCC=C)=C2C=CC(=N2)C(C#Cc2ccncc2)=C2C=CC1=N2. The molecule has 0 unspecified atom stereocenters. The lowest BCUT2D eigenvalue weighted by molar-refractivity contribution is 0.160. The molecule has 0 aromatic carbocycles. The quantitative estimate of drug-likeness (QED) is 0.128. The average molecular weight is 674 g/mol. The van der Waals surface area contributed by atoms with Crippen molar-refractivity contribution in [3.63, 3.8) is 0 Å². The molecule has 2 aromatic rings. The molecule has 9 nitrogen and oxygen atoms in total. The Kier molecular flexibility index (Phi) is 10.5. The van der Waals surface area contributed by atoms with E-state index < -0.39 is 0 Å². The Morgan fingerprint density at radius 3 is 2.00 bits per heavy atom. The van der Waals surface area contributed by atoms with Crippen LogP contribution in [0.15, 0.2) is 160 Å². The van der Waals surface area contributed by atoms with Gasteiger partial charge in [0.15, 0.2) is 0 Å². The van der Waals surface area contributed by atoms with Crippen molar-refractivity contribution < 1.29 is 9.47 Å². The van der Waals surface area contributed by atoms with Gasteiger partial charge < -0.3 is 25.1 Å². The smallest absolute Gasteiger partial charge is 0.119 e. The van der Waals surface area contributed by atoms with E-state index >= 15 is 0 Å². The summed E-state index contributed by atoms with van der Waals surface area (Å²) in [6, 6.07) is 8.02. The van der Waals surface area contributed by atoms with E-state index in [0.717, 1.165) is 105 Å². The third kappa shape index (κ3) is 7.73. The Balaban J connectivity index is 1.39. The van der Waals surface area contributed by atoms with Crippen LogP contribution in [0.1, 0.15) is 42.6 Å². The van der Waals surface area contributed by atoms with Gasteiger partial charge in [0, 0.05) is 60.4 Å². The van der Waals surface area contributed by atoms with Crippen molar-refractivity contribution in [2.24, 2.45) is 15.0 Å². The van der Waals surface area contributed by atoms with Crippen LogP contribution in [-0.4, -0.2) is 53.5 Å². The number of aliphatic imine (C=N–C) groups is 3. The maximum Gasteiger partial charge on any atom is 0.119 e. The number of fused-ring (bicyclic) bond motifs is 5. The van der Waals surface area contributed by atoms with Crippen molar-refractivity contribution in [1.82, 2.24) is 20.6 Å². The molecule has 51 heavy (non-hydrogen) atoms. The van der Waals surface area contributed by atoms with Crippen LogP contribution in [0.5, 0.6) is 0 Å². The van der Waals surface area contributed by atoms with Gasteiger partial charge in [-0.3, -0.25) is 4.98 Å². The molecule has 0 aliphatic carbocycles. The van der Waals surface area contributed by atoms with Gasteiger partial charge >= 0.3 is 0 Å². The molecule has 8 bridgehead atoms. The number of hydrogen-bond donors (Lipinski definition) is 3. The number of aromatic amines is 1. The number of nitrogens with zero attached hydrogens (tertiary/aromatic N) is 4. The molecule has 7 rings (SSSR count). The second-order valence-corrected chi connectivity index (χ2v) is 12.1. The zero-order chi connectivity index (χ0) is 34.8. The van der Waals surface area contributed by atoms with Crippen molar-refractivity contribution in [3.05, 3.63) is 162 Å². The first kappa shape index (κ1) is 33.4. The van der Waals surface area contributed by atoms with E-state index in [1.165, 1.54) is 0 Å². The van der Waals surface area contributed by atoms with Crippen LogP contribution in [-0.2, 0) is 9.47 Å². The number of rotatable bonds is 12. The summed E-state index contributed by atoms with van der Waals surface area (Å²) in [5.41, 5.74) is 11.5. The number of pyridine rings is 1. The highest BCUT2D eigenvalue weighted by molar-refractivity contribution is 6.31. The Hall–Kier alpha value is -6.08. The highest BCUT2D eigenvalue weighted by Gasteiger charge is 2.25. The summed E-state index contributed by atoms with van der Waals surface area (Å²) in [6.45, 7) is 9.79. The molecule has 0 radical (unpaired) electrons. The van der Waals surface area contributed by atoms with Gasteiger partial charge in [0.05, 0.1) is 64.3 Å². The predicted octanol–water partition coefficient (Wildman–Crippen LogP) is 7.02. The molecular formula is C42H39N7O2. The van der Waals surface area contributed by atoms with Crippen molar-refractivity contribution in [2.45, 2.75) is 25.7 Å². The highest BCUT2D eigenvalue weighted by Crippen LogP contribution is 2.34. The van der Waals surface area contributed by atoms with Crippen molar-refractivity contribution in [1.29, 1.82) is 0 Å². The fourth-order valence-electron chi connectivity index (χ4n) is 6.21. The predicted molar refractivity (Wildman–Crippen MR) is 205 cm³/mol. The first-order valence-corrected chi connectivity index (χ1v) is 17.2. The topological polar surface area (TPSA) is 108 Å². The summed E-state index contributed by atoms with van der Waals surface area (Å²) in [5.74, 6) is 7.58.